The van der Waals surface area contributed by atoms with Gasteiger partial charge in [0.1, 0.15) is 11.6 Å². The van der Waals surface area contributed by atoms with Crippen LogP contribution in [-0.2, 0) is 17.2 Å². The van der Waals surface area contributed by atoms with Crippen molar-refractivity contribution < 1.29 is 17.8 Å². The summed E-state index contributed by atoms with van der Waals surface area (Å²) in [6, 6.07) is 2.74. The Morgan fingerprint density at radius 1 is 1.40 bits per heavy atom. The zero-order valence-electron chi connectivity index (χ0n) is 11.4. The van der Waals surface area contributed by atoms with Crippen molar-refractivity contribution in [2.75, 3.05) is 18.6 Å². The van der Waals surface area contributed by atoms with Crippen molar-refractivity contribution in [3.8, 4) is 0 Å². The average molecular weight is 304 g/mol. The van der Waals surface area contributed by atoms with E-state index in [0.29, 0.717) is 11.3 Å². The van der Waals surface area contributed by atoms with Crippen LogP contribution in [0.1, 0.15) is 12.5 Å². The van der Waals surface area contributed by atoms with Crippen molar-refractivity contribution in [2.24, 2.45) is 0 Å². The van der Waals surface area contributed by atoms with Crippen molar-refractivity contribution in [2.45, 2.75) is 19.4 Å². The summed E-state index contributed by atoms with van der Waals surface area (Å²) in [6.45, 7) is 1.98. The van der Waals surface area contributed by atoms with Crippen LogP contribution in [0.2, 0.25) is 0 Å². The molecule has 0 fully saturated rings. The van der Waals surface area contributed by atoms with Crippen molar-refractivity contribution >= 4 is 16.8 Å². The molecule has 0 radical (unpaired) electrons. The Bertz CT molecular complexity index is 497. The fourth-order valence-corrected chi connectivity index (χ4v) is 2.49. The maximum Gasteiger partial charge on any atom is 0.315 e. The summed E-state index contributed by atoms with van der Waals surface area (Å²) in [5.74, 6) is -0.875. The Kier molecular flexibility index (Phi) is 6.57. The lowest BCUT2D eigenvalue weighted by atomic mass is 10.1. The molecule has 0 aliphatic heterocycles. The molecule has 0 spiro atoms. The standard InChI is InChI=1S/C13H18F2N2O2S/c1-9(8-20(2)19)17-13(18)16-6-5-10-3-4-11(14)7-12(10)15/h3-4,7,9H,5-6,8H2,1-2H3,(H2,16,17,18). The number of rotatable bonds is 6. The van der Waals surface area contributed by atoms with Crippen molar-refractivity contribution in [3.05, 3.63) is 35.4 Å². The predicted molar refractivity (Wildman–Crippen MR) is 75.0 cm³/mol. The summed E-state index contributed by atoms with van der Waals surface area (Å²) in [5, 5.41) is 5.19. The maximum absolute atomic E-state index is 13.3. The fourth-order valence-electron chi connectivity index (χ4n) is 1.70. The third-order valence-corrected chi connectivity index (χ3v) is 3.53. The lowest BCUT2D eigenvalue weighted by molar-refractivity contribution is 0.239. The van der Waals surface area contributed by atoms with Crippen LogP contribution in [0.5, 0.6) is 0 Å². The van der Waals surface area contributed by atoms with Crippen LogP contribution in [0.15, 0.2) is 18.2 Å². The summed E-state index contributed by atoms with van der Waals surface area (Å²) < 4.78 is 37.0. The van der Waals surface area contributed by atoms with E-state index in [4.69, 9.17) is 0 Å². The minimum absolute atomic E-state index is 0.205. The molecule has 7 heteroatoms. The van der Waals surface area contributed by atoms with Crippen molar-refractivity contribution in [1.82, 2.24) is 10.6 Å². The molecule has 2 N–H and O–H groups in total. The van der Waals surface area contributed by atoms with Gasteiger partial charge in [-0.15, -0.1) is 0 Å². The van der Waals surface area contributed by atoms with Crippen molar-refractivity contribution in [1.29, 1.82) is 0 Å². The molecule has 112 valence electrons. The molecule has 0 aliphatic rings. The highest BCUT2D eigenvalue weighted by Crippen LogP contribution is 2.09. The topological polar surface area (TPSA) is 58.2 Å². The second-order valence-corrected chi connectivity index (χ2v) is 6.01. The molecule has 20 heavy (non-hydrogen) atoms. The molecule has 2 unspecified atom stereocenters. The quantitative estimate of drug-likeness (QED) is 0.838. The third kappa shape index (κ3) is 6.10. The molecule has 0 heterocycles. The van der Waals surface area contributed by atoms with E-state index in [0.717, 1.165) is 6.07 Å². The second kappa shape index (κ2) is 7.94. The molecule has 1 aromatic carbocycles. The number of carbonyl (C=O) groups excluding carboxylic acids is 1. The molecule has 4 nitrogen and oxygen atoms in total. The van der Waals surface area contributed by atoms with Gasteiger partial charge in [0.15, 0.2) is 0 Å². The Hall–Kier alpha value is -1.50. The summed E-state index contributed by atoms with van der Waals surface area (Å²) in [7, 11) is -0.980. The van der Waals surface area contributed by atoms with Gasteiger partial charge in [-0.05, 0) is 25.0 Å². The highest BCUT2D eigenvalue weighted by molar-refractivity contribution is 7.84. The van der Waals surface area contributed by atoms with E-state index in [9.17, 15) is 17.8 Å². The number of urea groups is 1. The third-order valence-electron chi connectivity index (χ3n) is 2.56. The van der Waals surface area contributed by atoms with E-state index in [-0.39, 0.29) is 19.0 Å². The summed E-state index contributed by atoms with van der Waals surface area (Å²) >= 11 is 0. The highest BCUT2D eigenvalue weighted by Gasteiger charge is 2.09. The van der Waals surface area contributed by atoms with Gasteiger partial charge in [0.05, 0.1) is 0 Å². The maximum atomic E-state index is 13.3. The molecular weight excluding hydrogens is 286 g/mol. The van der Waals surface area contributed by atoms with E-state index < -0.39 is 28.5 Å². The number of benzene rings is 1. The molecule has 1 aromatic rings. The Labute approximate surface area is 119 Å². The predicted octanol–water partition coefficient (Wildman–Crippen LogP) is 1.57. The fraction of sp³-hybridized carbons (Fsp3) is 0.462. The lowest BCUT2D eigenvalue weighted by Gasteiger charge is -2.13. The van der Waals surface area contributed by atoms with Crippen LogP contribution in [0.4, 0.5) is 13.6 Å². The van der Waals surface area contributed by atoms with Gasteiger partial charge in [-0.1, -0.05) is 6.07 Å². The van der Waals surface area contributed by atoms with Crippen LogP contribution in [0.3, 0.4) is 0 Å². The SMILES string of the molecule is CC(CS(C)=O)NC(=O)NCCc1ccc(F)cc1F. The average Bonchev–Trinajstić information content (AvgIpc) is 2.30. The second-order valence-electron chi connectivity index (χ2n) is 4.53. The number of amides is 2. The van der Waals surface area contributed by atoms with Crippen LogP contribution in [0, 0.1) is 11.6 Å². The zero-order chi connectivity index (χ0) is 15.1. The molecule has 1 rings (SSSR count). The zero-order valence-corrected chi connectivity index (χ0v) is 12.2. The van der Waals surface area contributed by atoms with Gasteiger partial charge in [-0.25, -0.2) is 13.6 Å². The van der Waals surface area contributed by atoms with Gasteiger partial charge in [0.2, 0.25) is 0 Å². The summed E-state index contributed by atoms with van der Waals surface area (Å²) in [6.07, 6.45) is 1.83. The number of halogens is 2. The minimum Gasteiger partial charge on any atom is -0.338 e. The number of carbonyl (C=O) groups is 1. The molecule has 2 atom stereocenters. The molecule has 0 saturated carbocycles. The highest BCUT2D eigenvalue weighted by atomic mass is 32.2. The first kappa shape index (κ1) is 16.6. The first-order chi connectivity index (χ1) is 9.38. The summed E-state index contributed by atoms with van der Waals surface area (Å²) in [4.78, 5) is 11.5. The monoisotopic (exact) mass is 304 g/mol. The van der Waals surface area contributed by atoms with Gasteiger partial charge >= 0.3 is 6.03 Å². The largest absolute Gasteiger partial charge is 0.338 e. The van der Waals surface area contributed by atoms with Crippen LogP contribution >= 0.6 is 0 Å². The van der Waals surface area contributed by atoms with E-state index >= 15 is 0 Å². The van der Waals surface area contributed by atoms with Crippen molar-refractivity contribution in [3.63, 3.8) is 0 Å². The number of hydrogen-bond donors (Lipinski definition) is 2. The Morgan fingerprint density at radius 3 is 2.70 bits per heavy atom. The van der Waals surface area contributed by atoms with E-state index in [1.54, 1.807) is 13.2 Å². The van der Waals surface area contributed by atoms with E-state index in [2.05, 4.69) is 10.6 Å². The summed E-state index contributed by atoms with van der Waals surface area (Å²) in [5.41, 5.74) is 0.342. The Morgan fingerprint density at radius 2 is 2.10 bits per heavy atom. The van der Waals surface area contributed by atoms with Gasteiger partial charge in [0.25, 0.3) is 0 Å². The molecule has 0 aliphatic carbocycles. The van der Waals surface area contributed by atoms with Gasteiger partial charge in [0, 0.05) is 41.5 Å². The smallest absolute Gasteiger partial charge is 0.315 e. The minimum atomic E-state index is -0.980. The van der Waals surface area contributed by atoms with Crippen LogP contribution < -0.4 is 10.6 Å². The van der Waals surface area contributed by atoms with Gasteiger partial charge in [-0.3, -0.25) is 4.21 Å². The molecule has 2 amide bonds. The van der Waals surface area contributed by atoms with Crippen LogP contribution in [0.25, 0.3) is 0 Å². The number of nitrogens with one attached hydrogen (secondary N) is 2. The normalized spacial score (nSPS) is 13.6. The van der Waals surface area contributed by atoms with E-state index in [1.165, 1.54) is 12.1 Å². The Balaban J connectivity index is 2.33. The van der Waals surface area contributed by atoms with Gasteiger partial charge in [-0.2, -0.15) is 0 Å². The van der Waals surface area contributed by atoms with E-state index in [1.807, 2.05) is 0 Å². The lowest BCUT2D eigenvalue weighted by Crippen LogP contribution is -2.43. The molecule has 0 saturated heterocycles. The molecular formula is C13H18F2N2O2S. The molecule has 0 aromatic heterocycles. The van der Waals surface area contributed by atoms with Gasteiger partial charge < -0.3 is 10.6 Å². The van der Waals surface area contributed by atoms with Crippen LogP contribution in [-0.4, -0.2) is 34.8 Å². The first-order valence-electron chi connectivity index (χ1n) is 6.17. The number of hydrogen-bond acceptors (Lipinski definition) is 2. The molecule has 0 bridgehead atoms. The first-order valence-corrected chi connectivity index (χ1v) is 7.89.